The molecule has 6 nitrogen and oxygen atoms in total. The van der Waals surface area contributed by atoms with Crippen molar-refractivity contribution in [3.8, 4) is 11.5 Å². The maximum atomic E-state index is 13.7. The van der Waals surface area contributed by atoms with E-state index in [4.69, 9.17) is 9.47 Å². The second kappa shape index (κ2) is 11.1. The first-order valence-corrected chi connectivity index (χ1v) is 12.7. The Bertz CT molecular complexity index is 985. The minimum atomic E-state index is 0.0102. The summed E-state index contributed by atoms with van der Waals surface area (Å²) in [6.07, 6.45) is 4.33. The summed E-state index contributed by atoms with van der Waals surface area (Å²) >= 11 is 0. The van der Waals surface area contributed by atoms with Gasteiger partial charge in [0.1, 0.15) is 0 Å². The van der Waals surface area contributed by atoms with Crippen LogP contribution >= 0.6 is 0 Å². The molecule has 0 unspecified atom stereocenters. The van der Waals surface area contributed by atoms with E-state index in [1.165, 1.54) is 11.3 Å². The number of methoxy groups -OCH3 is 2. The molecule has 4 rings (SSSR count). The molecular weight excluding hydrogens is 426 g/mol. The number of unbranched alkanes of at least 4 members (excludes halogenated alkanes) is 2. The maximum Gasteiger partial charge on any atom is 0.255 e. The molecule has 0 saturated carbocycles. The Morgan fingerprint density at radius 2 is 1.71 bits per heavy atom. The van der Waals surface area contributed by atoms with E-state index < -0.39 is 0 Å². The van der Waals surface area contributed by atoms with E-state index in [0.29, 0.717) is 18.0 Å². The van der Waals surface area contributed by atoms with E-state index in [9.17, 15) is 4.79 Å². The van der Waals surface area contributed by atoms with Crippen molar-refractivity contribution in [2.24, 2.45) is 0 Å². The molecule has 1 amide bonds. The van der Waals surface area contributed by atoms with Crippen LogP contribution in [0.4, 0.5) is 5.69 Å². The van der Waals surface area contributed by atoms with Crippen LogP contribution in [0.2, 0.25) is 0 Å². The van der Waals surface area contributed by atoms with Crippen LogP contribution in [-0.2, 0) is 6.54 Å². The molecule has 2 aromatic carbocycles. The zero-order valence-corrected chi connectivity index (χ0v) is 21.2. The van der Waals surface area contributed by atoms with Gasteiger partial charge in [0.05, 0.1) is 20.3 Å². The maximum absolute atomic E-state index is 13.7. The molecule has 2 heterocycles. The number of anilines is 1. The number of piperazine rings is 1. The number of ether oxygens (including phenoxy) is 2. The minimum Gasteiger partial charge on any atom is -0.493 e. The van der Waals surface area contributed by atoms with Gasteiger partial charge < -0.3 is 24.2 Å². The number of rotatable bonds is 10. The molecule has 0 aliphatic carbocycles. The molecule has 2 aliphatic heterocycles. The van der Waals surface area contributed by atoms with E-state index >= 15 is 0 Å². The minimum absolute atomic E-state index is 0.0102. The average Bonchev–Trinajstić information content (AvgIpc) is 3.22. The van der Waals surface area contributed by atoms with Crippen LogP contribution in [0.1, 0.15) is 67.1 Å². The van der Waals surface area contributed by atoms with E-state index in [-0.39, 0.29) is 11.9 Å². The third-order valence-electron chi connectivity index (χ3n) is 7.38. The predicted octanol–water partition coefficient (Wildman–Crippen LogP) is 5.12. The van der Waals surface area contributed by atoms with Crippen LogP contribution in [0.3, 0.4) is 0 Å². The fourth-order valence-corrected chi connectivity index (χ4v) is 5.34. The number of nitrogens with zero attached hydrogens (tertiary/aromatic N) is 3. The lowest BCUT2D eigenvalue weighted by Gasteiger charge is -2.36. The van der Waals surface area contributed by atoms with Crippen molar-refractivity contribution in [2.45, 2.75) is 52.1 Å². The van der Waals surface area contributed by atoms with Crippen LogP contribution in [0.15, 0.2) is 36.4 Å². The molecule has 6 heteroatoms. The molecule has 34 heavy (non-hydrogen) atoms. The Labute approximate surface area is 204 Å². The smallest absolute Gasteiger partial charge is 0.255 e. The van der Waals surface area contributed by atoms with Crippen molar-refractivity contribution in [3.63, 3.8) is 0 Å². The number of amides is 1. The van der Waals surface area contributed by atoms with Gasteiger partial charge in [0, 0.05) is 49.5 Å². The third-order valence-corrected chi connectivity index (χ3v) is 7.38. The zero-order valence-electron chi connectivity index (χ0n) is 21.2. The average molecular weight is 466 g/mol. The summed E-state index contributed by atoms with van der Waals surface area (Å²) in [5.41, 5.74) is 4.37. The van der Waals surface area contributed by atoms with E-state index in [0.717, 1.165) is 69.5 Å². The van der Waals surface area contributed by atoms with E-state index in [2.05, 4.69) is 40.7 Å². The highest BCUT2D eigenvalue weighted by molar-refractivity contribution is 6.00. The molecule has 0 bridgehead atoms. The summed E-state index contributed by atoms with van der Waals surface area (Å²) in [5.74, 6) is 1.56. The zero-order chi connectivity index (χ0) is 24.1. The fourth-order valence-electron chi connectivity index (χ4n) is 5.34. The Hall–Kier alpha value is -2.73. The molecule has 2 aliphatic rings. The van der Waals surface area contributed by atoms with Crippen LogP contribution < -0.4 is 14.4 Å². The van der Waals surface area contributed by atoms with Gasteiger partial charge in [0.25, 0.3) is 5.91 Å². The quantitative estimate of drug-likeness (QED) is 0.456. The molecule has 1 saturated heterocycles. The third kappa shape index (κ3) is 4.88. The van der Waals surface area contributed by atoms with Crippen LogP contribution in [0, 0.1) is 0 Å². The molecule has 1 atom stereocenters. The van der Waals surface area contributed by atoms with Gasteiger partial charge in [-0.3, -0.25) is 4.79 Å². The molecule has 184 valence electrons. The highest BCUT2D eigenvalue weighted by Gasteiger charge is 2.36. The number of carbonyl (C=O) groups is 1. The molecule has 0 N–H and O–H groups in total. The van der Waals surface area contributed by atoms with Crippen molar-refractivity contribution in [1.82, 2.24) is 9.80 Å². The first-order chi connectivity index (χ1) is 16.6. The molecule has 0 aromatic heterocycles. The summed E-state index contributed by atoms with van der Waals surface area (Å²) < 4.78 is 11.0. The summed E-state index contributed by atoms with van der Waals surface area (Å²) in [6.45, 7) is 10.3. The summed E-state index contributed by atoms with van der Waals surface area (Å²) in [6, 6.07) is 12.3. The van der Waals surface area contributed by atoms with E-state index in [1.807, 2.05) is 24.3 Å². The number of carbonyl (C=O) groups excluding carboxylic acids is 1. The number of fused-ring (bicyclic) bond motifs is 1. The molecule has 2 aromatic rings. The fraction of sp³-hybridized carbons (Fsp3) is 0.536. The monoisotopic (exact) mass is 465 g/mol. The first kappa shape index (κ1) is 24.4. The summed E-state index contributed by atoms with van der Waals surface area (Å²) in [4.78, 5) is 20.7. The van der Waals surface area contributed by atoms with Gasteiger partial charge in [-0.15, -0.1) is 0 Å². The lowest BCUT2D eigenvalue weighted by Crippen LogP contribution is -2.46. The van der Waals surface area contributed by atoms with Gasteiger partial charge in [-0.1, -0.05) is 45.2 Å². The summed E-state index contributed by atoms with van der Waals surface area (Å²) in [7, 11) is 3.31. The second-order valence-electron chi connectivity index (χ2n) is 9.28. The van der Waals surface area contributed by atoms with Crippen molar-refractivity contribution < 1.29 is 14.3 Å². The van der Waals surface area contributed by atoms with Gasteiger partial charge in [0.15, 0.2) is 11.5 Å². The van der Waals surface area contributed by atoms with Gasteiger partial charge >= 0.3 is 0 Å². The highest BCUT2D eigenvalue weighted by atomic mass is 16.5. The van der Waals surface area contributed by atoms with Crippen LogP contribution in [0.5, 0.6) is 11.5 Å². The normalized spacial score (nSPS) is 17.1. The van der Waals surface area contributed by atoms with Crippen molar-refractivity contribution >= 4 is 11.6 Å². The lowest BCUT2D eigenvalue weighted by atomic mass is 9.98. The van der Waals surface area contributed by atoms with Gasteiger partial charge in [-0.25, -0.2) is 0 Å². The second-order valence-corrected chi connectivity index (χ2v) is 9.28. The Morgan fingerprint density at radius 1 is 0.941 bits per heavy atom. The molecule has 1 fully saturated rings. The Kier molecular flexibility index (Phi) is 7.99. The Balaban J connectivity index is 1.63. The largest absolute Gasteiger partial charge is 0.493 e. The van der Waals surface area contributed by atoms with Gasteiger partial charge in [-0.2, -0.15) is 0 Å². The van der Waals surface area contributed by atoms with Crippen molar-refractivity contribution in [2.75, 3.05) is 51.8 Å². The SMILES string of the molecule is CCCCC[C@H](c1ccc(OC)c(OC)c1)N1Cc2c(cccc2N2CCN(CC)CC2)C1=O. The standard InChI is InChI=1S/C28H39N3O3/c1-5-7-8-11-24(21-13-14-26(33-3)27(19-21)34-4)31-20-23-22(28(31)32)10-9-12-25(23)30-17-15-29(6-2)16-18-30/h9-10,12-14,19,24H,5-8,11,15-18,20H2,1-4H3/t24-/m1/s1. The van der Waals surface area contributed by atoms with Crippen LogP contribution in [-0.4, -0.2) is 62.7 Å². The molecular formula is C28H39N3O3. The first-order valence-electron chi connectivity index (χ1n) is 12.7. The number of benzene rings is 2. The summed E-state index contributed by atoms with van der Waals surface area (Å²) in [5, 5.41) is 0. The lowest BCUT2D eigenvalue weighted by molar-refractivity contribution is 0.0688. The van der Waals surface area contributed by atoms with Crippen molar-refractivity contribution in [3.05, 3.63) is 53.1 Å². The number of hydrogen-bond acceptors (Lipinski definition) is 5. The van der Waals surface area contributed by atoms with Crippen molar-refractivity contribution in [1.29, 1.82) is 0 Å². The van der Waals surface area contributed by atoms with E-state index in [1.54, 1.807) is 14.2 Å². The highest BCUT2D eigenvalue weighted by Crippen LogP contribution is 2.40. The van der Waals surface area contributed by atoms with Crippen LogP contribution in [0.25, 0.3) is 0 Å². The molecule has 0 radical (unpaired) electrons. The number of likely N-dealkylation sites (N-methyl/N-ethyl adjacent to an activating group) is 1. The Morgan fingerprint density at radius 3 is 2.38 bits per heavy atom. The van der Waals surface area contributed by atoms with Gasteiger partial charge in [0.2, 0.25) is 0 Å². The number of hydrogen-bond donors (Lipinski definition) is 0. The van der Waals surface area contributed by atoms with Gasteiger partial charge in [-0.05, 0) is 42.8 Å². The topological polar surface area (TPSA) is 45.3 Å². The predicted molar refractivity (Wildman–Crippen MR) is 137 cm³/mol. The molecule has 0 spiro atoms.